The fourth-order valence-corrected chi connectivity index (χ4v) is 3.30. The van der Waals surface area contributed by atoms with Crippen molar-refractivity contribution in [3.05, 3.63) is 24.3 Å². The quantitative estimate of drug-likeness (QED) is 0.578. The van der Waals surface area contributed by atoms with Gasteiger partial charge in [0.25, 0.3) is 0 Å². The van der Waals surface area contributed by atoms with Crippen LogP contribution >= 0.6 is 0 Å². The second-order valence-electron chi connectivity index (χ2n) is 6.19. The van der Waals surface area contributed by atoms with Gasteiger partial charge in [0.15, 0.2) is 0 Å². The van der Waals surface area contributed by atoms with E-state index in [1.165, 1.54) is 19.1 Å². The van der Waals surface area contributed by atoms with E-state index in [2.05, 4.69) is 15.4 Å². The molecule has 140 valence electrons. The van der Waals surface area contributed by atoms with Crippen LogP contribution in [0.25, 0.3) is 0 Å². The summed E-state index contributed by atoms with van der Waals surface area (Å²) in [5, 5.41) is 5.26. The maximum atomic E-state index is 12.4. The van der Waals surface area contributed by atoms with Gasteiger partial charge in [-0.3, -0.25) is 9.59 Å². The van der Waals surface area contributed by atoms with Crippen molar-refractivity contribution in [1.82, 2.24) is 10.0 Å². The average molecular weight is 369 g/mol. The first-order valence-corrected chi connectivity index (χ1v) is 9.83. The minimum Gasteiger partial charge on any atom is -0.344 e. The summed E-state index contributed by atoms with van der Waals surface area (Å²) < 4.78 is 27.0. The Labute approximate surface area is 149 Å². The Morgan fingerprint density at radius 1 is 1.20 bits per heavy atom. The monoisotopic (exact) mass is 369 g/mol. The largest absolute Gasteiger partial charge is 0.344 e. The zero-order chi connectivity index (χ0) is 19.0. The predicted octanol–water partition coefficient (Wildman–Crippen LogP) is 1.86. The zero-order valence-corrected chi connectivity index (χ0v) is 15.9. The van der Waals surface area contributed by atoms with Crippen LogP contribution in [0, 0.1) is 5.92 Å². The Hall–Kier alpha value is -1.93. The molecule has 0 fully saturated rings. The summed E-state index contributed by atoms with van der Waals surface area (Å²) in [5.74, 6) is -0.796. The second-order valence-corrected chi connectivity index (χ2v) is 7.96. The number of benzene rings is 1. The van der Waals surface area contributed by atoms with Crippen molar-refractivity contribution in [3.63, 3.8) is 0 Å². The van der Waals surface area contributed by atoms with Gasteiger partial charge < -0.3 is 10.6 Å². The number of hydrogen-bond acceptors (Lipinski definition) is 4. The summed E-state index contributed by atoms with van der Waals surface area (Å²) >= 11 is 0. The summed E-state index contributed by atoms with van der Waals surface area (Å²) in [6, 6.07) is 5.34. The number of nitrogens with one attached hydrogen (secondary N) is 3. The highest BCUT2D eigenvalue weighted by Gasteiger charge is 2.23. The lowest BCUT2D eigenvalue weighted by Crippen LogP contribution is -2.46. The van der Waals surface area contributed by atoms with Gasteiger partial charge in [-0.05, 0) is 30.5 Å². The molecule has 25 heavy (non-hydrogen) atoms. The highest BCUT2D eigenvalue weighted by Crippen LogP contribution is 2.16. The predicted molar refractivity (Wildman–Crippen MR) is 97.6 cm³/mol. The topological polar surface area (TPSA) is 104 Å². The Balaban J connectivity index is 2.90. The normalized spacial score (nSPS) is 12.7. The summed E-state index contributed by atoms with van der Waals surface area (Å²) in [6.45, 7) is 7.33. The fraction of sp³-hybridized carbons (Fsp3) is 0.529. The van der Waals surface area contributed by atoms with Crippen molar-refractivity contribution in [1.29, 1.82) is 0 Å². The van der Waals surface area contributed by atoms with Gasteiger partial charge in [-0.15, -0.1) is 0 Å². The van der Waals surface area contributed by atoms with E-state index in [1.807, 2.05) is 20.8 Å². The number of carbonyl (C=O) groups excluding carboxylic acids is 2. The van der Waals surface area contributed by atoms with Gasteiger partial charge in [-0.1, -0.05) is 33.3 Å². The first-order chi connectivity index (χ1) is 11.7. The standard InChI is InChI=1S/C17H27N3O4S/c1-5-6-10-18-25(23,24)15-9-7-8-14(11-15)20-17(22)16(12(2)3)19-13(4)21/h7-9,11-12,16,18H,5-6,10H2,1-4H3,(H,19,21)(H,20,22). The molecule has 8 heteroatoms. The van der Waals surface area contributed by atoms with Crippen LogP contribution in [-0.4, -0.2) is 32.8 Å². The van der Waals surface area contributed by atoms with E-state index in [1.54, 1.807) is 12.1 Å². The molecule has 0 saturated heterocycles. The highest BCUT2D eigenvalue weighted by atomic mass is 32.2. The third-order valence-electron chi connectivity index (χ3n) is 3.54. The van der Waals surface area contributed by atoms with E-state index in [0.29, 0.717) is 12.2 Å². The van der Waals surface area contributed by atoms with E-state index in [4.69, 9.17) is 0 Å². The second kappa shape index (κ2) is 9.53. The lowest BCUT2D eigenvalue weighted by Gasteiger charge is -2.21. The van der Waals surface area contributed by atoms with E-state index < -0.39 is 22.0 Å². The number of hydrogen-bond donors (Lipinski definition) is 3. The Morgan fingerprint density at radius 3 is 2.44 bits per heavy atom. The molecule has 0 aromatic heterocycles. The summed E-state index contributed by atoms with van der Waals surface area (Å²) in [7, 11) is -3.62. The number of carbonyl (C=O) groups is 2. The number of rotatable bonds is 9. The van der Waals surface area contributed by atoms with Gasteiger partial charge in [0.05, 0.1) is 4.90 Å². The van der Waals surface area contributed by atoms with Gasteiger partial charge in [0.1, 0.15) is 6.04 Å². The summed E-state index contributed by atoms with van der Waals surface area (Å²) in [6.07, 6.45) is 1.64. The third kappa shape index (κ3) is 6.83. The van der Waals surface area contributed by atoms with Crippen LogP contribution in [0.3, 0.4) is 0 Å². The average Bonchev–Trinajstić information content (AvgIpc) is 2.52. The molecule has 0 saturated carbocycles. The Kier molecular flexibility index (Phi) is 8.05. The van der Waals surface area contributed by atoms with Crippen LogP contribution in [0.15, 0.2) is 29.2 Å². The fourth-order valence-electron chi connectivity index (χ4n) is 2.18. The molecule has 0 bridgehead atoms. The van der Waals surface area contributed by atoms with Crippen LogP contribution in [0.5, 0.6) is 0 Å². The smallest absolute Gasteiger partial charge is 0.247 e. The minimum absolute atomic E-state index is 0.0852. The molecular weight excluding hydrogens is 342 g/mol. The molecule has 1 atom stereocenters. The first-order valence-electron chi connectivity index (χ1n) is 8.35. The molecule has 0 spiro atoms. The maximum absolute atomic E-state index is 12.4. The van der Waals surface area contributed by atoms with Crippen molar-refractivity contribution in [2.45, 2.75) is 51.5 Å². The SMILES string of the molecule is CCCCNS(=O)(=O)c1cccc(NC(=O)C(NC(C)=O)C(C)C)c1. The number of amides is 2. The molecule has 1 aromatic carbocycles. The first kappa shape index (κ1) is 21.1. The van der Waals surface area contributed by atoms with Crippen LogP contribution in [0.2, 0.25) is 0 Å². The third-order valence-corrected chi connectivity index (χ3v) is 5.00. The molecular formula is C17H27N3O4S. The molecule has 1 aromatic rings. The lowest BCUT2D eigenvalue weighted by molar-refractivity contribution is -0.126. The van der Waals surface area contributed by atoms with E-state index in [-0.39, 0.29) is 16.7 Å². The van der Waals surface area contributed by atoms with Gasteiger partial charge in [0, 0.05) is 19.2 Å². The van der Waals surface area contributed by atoms with Crippen molar-refractivity contribution in [3.8, 4) is 0 Å². The van der Waals surface area contributed by atoms with Crippen LogP contribution in [0.4, 0.5) is 5.69 Å². The van der Waals surface area contributed by atoms with Crippen molar-refractivity contribution in [2.75, 3.05) is 11.9 Å². The zero-order valence-electron chi connectivity index (χ0n) is 15.1. The molecule has 7 nitrogen and oxygen atoms in total. The number of anilines is 1. The molecule has 0 heterocycles. The van der Waals surface area contributed by atoms with Crippen LogP contribution < -0.4 is 15.4 Å². The van der Waals surface area contributed by atoms with Gasteiger partial charge in [-0.25, -0.2) is 13.1 Å². The molecule has 0 radical (unpaired) electrons. The molecule has 1 unspecified atom stereocenters. The van der Waals surface area contributed by atoms with E-state index >= 15 is 0 Å². The highest BCUT2D eigenvalue weighted by molar-refractivity contribution is 7.89. The number of sulfonamides is 1. The van der Waals surface area contributed by atoms with E-state index in [9.17, 15) is 18.0 Å². The van der Waals surface area contributed by atoms with Crippen molar-refractivity contribution in [2.24, 2.45) is 5.92 Å². The van der Waals surface area contributed by atoms with E-state index in [0.717, 1.165) is 12.8 Å². The van der Waals surface area contributed by atoms with Gasteiger partial charge in [-0.2, -0.15) is 0 Å². The summed E-state index contributed by atoms with van der Waals surface area (Å²) in [5.41, 5.74) is 0.361. The molecule has 3 N–H and O–H groups in total. The Morgan fingerprint density at radius 2 is 1.88 bits per heavy atom. The van der Waals surface area contributed by atoms with Gasteiger partial charge in [0.2, 0.25) is 21.8 Å². The van der Waals surface area contributed by atoms with Gasteiger partial charge >= 0.3 is 0 Å². The molecule has 0 aliphatic carbocycles. The summed E-state index contributed by atoms with van der Waals surface area (Å²) in [4.78, 5) is 23.7. The molecule has 0 aliphatic rings. The molecule has 1 rings (SSSR count). The minimum atomic E-state index is -3.62. The lowest BCUT2D eigenvalue weighted by atomic mass is 10.0. The Bertz CT molecular complexity index is 702. The van der Waals surface area contributed by atoms with Crippen molar-refractivity contribution >= 4 is 27.5 Å². The number of unbranched alkanes of at least 4 members (excludes halogenated alkanes) is 1. The van der Waals surface area contributed by atoms with Crippen LogP contribution in [0.1, 0.15) is 40.5 Å². The van der Waals surface area contributed by atoms with Crippen molar-refractivity contribution < 1.29 is 18.0 Å². The van der Waals surface area contributed by atoms with Crippen LogP contribution in [-0.2, 0) is 19.6 Å². The molecule has 2 amide bonds. The maximum Gasteiger partial charge on any atom is 0.247 e. The molecule has 0 aliphatic heterocycles.